The van der Waals surface area contributed by atoms with Gasteiger partial charge in [-0.2, -0.15) is 0 Å². The first-order valence-corrected chi connectivity index (χ1v) is 6.72. The molecule has 0 aliphatic rings. The highest BCUT2D eigenvalue weighted by molar-refractivity contribution is 7.12. The first-order chi connectivity index (χ1) is 8.93. The van der Waals surface area contributed by atoms with Gasteiger partial charge in [-0.15, -0.1) is 17.9 Å². The average molecular weight is 282 g/mol. The van der Waals surface area contributed by atoms with E-state index in [2.05, 4.69) is 17.2 Å². The summed E-state index contributed by atoms with van der Waals surface area (Å²) in [6.45, 7) is 7.31. The summed E-state index contributed by atoms with van der Waals surface area (Å²) in [7, 11) is 0. The SMILES string of the molecule is C=CCC(NC(=O)NC(C)c1ccc(C)s1)C(=O)O. The molecule has 104 valence electrons. The molecule has 0 fully saturated rings. The molecule has 2 atom stereocenters. The van der Waals surface area contributed by atoms with Gasteiger partial charge in [0, 0.05) is 9.75 Å². The molecule has 0 aliphatic carbocycles. The number of hydrogen-bond acceptors (Lipinski definition) is 3. The molecule has 0 bridgehead atoms. The molecule has 6 heteroatoms. The van der Waals surface area contributed by atoms with Crippen LogP contribution in [0.5, 0.6) is 0 Å². The van der Waals surface area contributed by atoms with Crippen molar-refractivity contribution in [2.45, 2.75) is 32.4 Å². The van der Waals surface area contributed by atoms with Crippen molar-refractivity contribution in [3.63, 3.8) is 0 Å². The molecular formula is C13H18N2O3S. The van der Waals surface area contributed by atoms with Crippen LogP contribution in [-0.4, -0.2) is 23.1 Å². The molecule has 1 rings (SSSR count). The number of hydrogen-bond donors (Lipinski definition) is 3. The van der Waals surface area contributed by atoms with Crippen molar-refractivity contribution in [1.29, 1.82) is 0 Å². The van der Waals surface area contributed by atoms with Gasteiger partial charge in [0.15, 0.2) is 0 Å². The van der Waals surface area contributed by atoms with Gasteiger partial charge >= 0.3 is 12.0 Å². The minimum Gasteiger partial charge on any atom is -0.480 e. The molecule has 1 aromatic rings. The summed E-state index contributed by atoms with van der Waals surface area (Å²) >= 11 is 1.60. The fourth-order valence-corrected chi connectivity index (χ4v) is 2.42. The van der Waals surface area contributed by atoms with Gasteiger partial charge in [0.05, 0.1) is 6.04 Å². The van der Waals surface area contributed by atoms with E-state index in [1.54, 1.807) is 11.3 Å². The van der Waals surface area contributed by atoms with Crippen molar-refractivity contribution in [3.8, 4) is 0 Å². The monoisotopic (exact) mass is 282 g/mol. The molecule has 0 spiro atoms. The summed E-state index contributed by atoms with van der Waals surface area (Å²) < 4.78 is 0. The average Bonchev–Trinajstić information content (AvgIpc) is 2.75. The fourth-order valence-electron chi connectivity index (χ4n) is 1.54. The van der Waals surface area contributed by atoms with E-state index in [0.717, 1.165) is 4.88 Å². The molecule has 1 aromatic heterocycles. The zero-order chi connectivity index (χ0) is 14.4. The fraction of sp³-hybridized carbons (Fsp3) is 0.385. The van der Waals surface area contributed by atoms with Gasteiger partial charge < -0.3 is 15.7 Å². The van der Waals surface area contributed by atoms with Gasteiger partial charge in [0.1, 0.15) is 6.04 Å². The van der Waals surface area contributed by atoms with Crippen LogP contribution in [0.3, 0.4) is 0 Å². The summed E-state index contributed by atoms with van der Waals surface area (Å²) in [5.74, 6) is -1.07. The van der Waals surface area contributed by atoms with Crippen molar-refractivity contribution in [3.05, 3.63) is 34.5 Å². The lowest BCUT2D eigenvalue weighted by atomic mass is 10.2. The molecule has 0 aliphatic heterocycles. The number of aryl methyl sites for hydroxylation is 1. The summed E-state index contributed by atoms with van der Waals surface area (Å²) in [5, 5.41) is 14.0. The van der Waals surface area contributed by atoms with Crippen LogP contribution in [0.15, 0.2) is 24.8 Å². The van der Waals surface area contributed by atoms with Crippen LogP contribution in [0, 0.1) is 6.92 Å². The first kappa shape index (κ1) is 15.2. The Morgan fingerprint density at radius 3 is 2.63 bits per heavy atom. The number of nitrogens with one attached hydrogen (secondary N) is 2. The van der Waals surface area contributed by atoms with Crippen LogP contribution in [-0.2, 0) is 4.79 Å². The lowest BCUT2D eigenvalue weighted by Gasteiger charge is -2.16. The molecule has 3 N–H and O–H groups in total. The number of carboxylic acid groups (broad SMARTS) is 1. The van der Waals surface area contributed by atoms with Crippen molar-refractivity contribution in [2.24, 2.45) is 0 Å². The van der Waals surface area contributed by atoms with Gasteiger partial charge in [-0.05, 0) is 32.4 Å². The van der Waals surface area contributed by atoms with Gasteiger partial charge in [0.2, 0.25) is 0 Å². The van der Waals surface area contributed by atoms with E-state index in [1.165, 1.54) is 11.0 Å². The zero-order valence-corrected chi connectivity index (χ0v) is 11.8. The number of thiophene rings is 1. The molecule has 0 saturated heterocycles. The van der Waals surface area contributed by atoms with E-state index in [0.29, 0.717) is 0 Å². The predicted octanol–water partition coefficient (Wildman–Crippen LogP) is 2.45. The molecule has 19 heavy (non-hydrogen) atoms. The highest BCUT2D eigenvalue weighted by Gasteiger charge is 2.19. The molecular weight excluding hydrogens is 264 g/mol. The van der Waals surface area contributed by atoms with E-state index in [9.17, 15) is 9.59 Å². The molecule has 5 nitrogen and oxygen atoms in total. The molecule has 2 unspecified atom stereocenters. The number of carbonyl (C=O) groups is 2. The quantitative estimate of drug-likeness (QED) is 0.701. The Hall–Kier alpha value is -1.82. The van der Waals surface area contributed by atoms with Crippen molar-refractivity contribution in [2.75, 3.05) is 0 Å². The van der Waals surface area contributed by atoms with E-state index < -0.39 is 18.0 Å². The van der Waals surface area contributed by atoms with Gasteiger partial charge in [-0.3, -0.25) is 0 Å². The largest absolute Gasteiger partial charge is 0.480 e. The minimum atomic E-state index is -1.07. The third-order valence-corrected chi connectivity index (χ3v) is 3.72. The number of carboxylic acids is 1. The smallest absolute Gasteiger partial charge is 0.326 e. The first-order valence-electron chi connectivity index (χ1n) is 5.91. The predicted molar refractivity (Wildman–Crippen MR) is 75.4 cm³/mol. The number of rotatable bonds is 6. The summed E-state index contributed by atoms with van der Waals surface area (Å²) in [5.41, 5.74) is 0. The van der Waals surface area contributed by atoms with E-state index in [-0.39, 0.29) is 12.5 Å². The lowest BCUT2D eigenvalue weighted by Crippen LogP contribution is -2.46. The van der Waals surface area contributed by atoms with Crippen LogP contribution >= 0.6 is 11.3 Å². The Bertz CT molecular complexity index is 470. The molecule has 0 aromatic carbocycles. The third-order valence-electron chi connectivity index (χ3n) is 2.54. The Morgan fingerprint density at radius 2 is 2.16 bits per heavy atom. The molecule has 0 saturated carbocycles. The van der Waals surface area contributed by atoms with E-state index in [4.69, 9.17) is 5.11 Å². The maximum Gasteiger partial charge on any atom is 0.326 e. The highest BCUT2D eigenvalue weighted by atomic mass is 32.1. The van der Waals surface area contributed by atoms with Crippen LogP contribution in [0.25, 0.3) is 0 Å². The second kappa shape index (κ2) is 6.94. The van der Waals surface area contributed by atoms with Gasteiger partial charge in [-0.1, -0.05) is 6.08 Å². The van der Waals surface area contributed by atoms with Crippen molar-refractivity contribution >= 4 is 23.3 Å². The van der Waals surface area contributed by atoms with Crippen LogP contribution in [0.1, 0.15) is 29.1 Å². The normalized spacial score (nSPS) is 13.4. The number of urea groups is 1. The van der Waals surface area contributed by atoms with E-state index >= 15 is 0 Å². The second-order valence-corrected chi connectivity index (χ2v) is 5.52. The Kier molecular flexibility index (Phi) is 5.57. The van der Waals surface area contributed by atoms with Crippen molar-refractivity contribution in [1.82, 2.24) is 10.6 Å². The van der Waals surface area contributed by atoms with E-state index in [1.807, 2.05) is 26.0 Å². The Morgan fingerprint density at radius 1 is 1.47 bits per heavy atom. The maximum absolute atomic E-state index is 11.7. The summed E-state index contributed by atoms with van der Waals surface area (Å²) in [6, 6.07) is 2.33. The number of aliphatic carboxylic acids is 1. The van der Waals surface area contributed by atoms with Crippen molar-refractivity contribution < 1.29 is 14.7 Å². The molecule has 0 radical (unpaired) electrons. The molecule has 1 heterocycles. The number of carbonyl (C=O) groups excluding carboxylic acids is 1. The second-order valence-electron chi connectivity index (χ2n) is 4.20. The topological polar surface area (TPSA) is 78.4 Å². The van der Waals surface area contributed by atoms with Crippen LogP contribution in [0.2, 0.25) is 0 Å². The van der Waals surface area contributed by atoms with Gasteiger partial charge in [0.25, 0.3) is 0 Å². The standard InChI is InChI=1S/C13H18N2O3S/c1-4-5-10(12(16)17)15-13(18)14-9(3)11-7-6-8(2)19-11/h4,6-7,9-10H,1,5H2,2-3H3,(H,16,17)(H2,14,15,18). The Labute approximate surface area is 116 Å². The zero-order valence-electron chi connectivity index (χ0n) is 11.0. The minimum absolute atomic E-state index is 0.156. The Balaban J connectivity index is 2.54. The third kappa shape index (κ3) is 4.75. The van der Waals surface area contributed by atoms with Crippen LogP contribution in [0.4, 0.5) is 4.79 Å². The summed E-state index contributed by atoms with van der Waals surface area (Å²) in [4.78, 5) is 24.8. The van der Waals surface area contributed by atoms with Crippen LogP contribution < -0.4 is 10.6 Å². The lowest BCUT2D eigenvalue weighted by molar-refractivity contribution is -0.139. The maximum atomic E-state index is 11.7. The molecule has 2 amide bonds. The highest BCUT2D eigenvalue weighted by Crippen LogP contribution is 2.22. The summed E-state index contributed by atoms with van der Waals surface area (Å²) in [6.07, 6.45) is 1.65. The van der Waals surface area contributed by atoms with Gasteiger partial charge in [-0.25, -0.2) is 9.59 Å². The number of amides is 2.